The van der Waals surface area contributed by atoms with E-state index >= 15 is 0 Å². The molecular formula is C21H31N5. The second-order valence-corrected chi connectivity index (χ2v) is 8.25. The smallest absolute Gasteiger partial charge is 0.225 e. The number of hydrogen-bond acceptors (Lipinski definition) is 5. The first-order valence-corrected chi connectivity index (χ1v) is 10.1. The Morgan fingerprint density at radius 1 is 0.923 bits per heavy atom. The lowest BCUT2D eigenvalue weighted by atomic mass is 9.86. The predicted octanol–water partition coefficient (Wildman–Crippen LogP) is 3.67. The molecule has 26 heavy (non-hydrogen) atoms. The molecule has 2 fully saturated rings. The van der Waals surface area contributed by atoms with Gasteiger partial charge in [0.1, 0.15) is 5.82 Å². The molecule has 2 aliphatic carbocycles. The van der Waals surface area contributed by atoms with E-state index in [0.717, 1.165) is 34.5 Å². The molecule has 1 aromatic carbocycles. The molecule has 0 amide bonds. The fourth-order valence-corrected chi connectivity index (χ4v) is 3.97. The van der Waals surface area contributed by atoms with Gasteiger partial charge in [-0.3, -0.25) is 0 Å². The normalized spacial score (nSPS) is 23.2. The van der Waals surface area contributed by atoms with Gasteiger partial charge in [0.25, 0.3) is 0 Å². The number of nitrogens with one attached hydrogen (secondary N) is 2. The van der Waals surface area contributed by atoms with Crippen LogP contribution in [0.5, 0.6) is 0 Å². The number of nitrogens with zero attached hydrogens (tertiary/aromatic N) is 3. The third-order valence-corrected chi connectivity index (χ3v) is 5.75. The van der Waals surface area contributed by atoms with Crippen molar-refractivity contribution in [1.29, 1.82) is 0 Å². The van der Waals surface area contributed by atoms with Gasteiger partial charge in [0, 0.05) is 25.5 Å². The van der Waals surface area contributed by atoms with Crippen molar-refractivity contribution >= 4 is 22.7 Å². The van der Waals surface area contributed by atoms with Gasteiger partial charge in [-0.25, -0.2) is 4.98 Å². The van der Waals surface area contributed by atoms with Crippen LogP contribution in [0.3, 0.4) is 0 Å². The maximum absolute atomic E-state index is 4.78. The van der Waals surface area contributed by atoms with Crippen LogP contribution in [-0.2, 0) is 0 Å². The summed E-state index contributed by atoms with van der Waals surface area (Å²) in [4.78, 5) is 11.6. The topological polar surface area (TPSA) is 53.1 Å². The highest BCUT2D eigenvalue weighted by molar-refractivity contribution is 5.90. The molecule has 5 nitrogen and oxygen atoms in total. The first-order chi connectivity index (χ1) is 12.7. The standard InChI is InChI=1S/C21H31N5/c1-26(2)20-18-5-3-4-6-19(18)24-21(25-20)23-17-11-9-16(10-12-17)14-22-13-15-7-8-15/h3-6,15-17,22H,7-14H2,1-2H3,(H,23,24,25). The number of fused-ring (bicyclic) bond motifs is 1. The van der Waals surface area contributed by atoms with Crippen LogP contribution in [0.25, 0.3) is 10.9 Å². The second kappa shape index (κ2) is 7.78. The molecule has 0 bridgehead atoms. The van der Waals surface area contributed by atoms with E-state index in [9.17, 15) is 0 Å². The van der Waals surface area contributed by atoms with E-state index < -0.39 is 0 Å². The first-order valence-electron chi connectivity index (χ1n) is 10.1. The molecule has 1 heterocycles. The van der Waals surface area contributed by atoms with Crippen molar-refractivity contribution in [2.45, 2.75) is 44.6 Å². The van der Waals surface area contributed by atoms with Gasteiger partial charge >= 0.3 is 0 Å². The zero-order valence-electron chi connectivity index (χ0n) is 16.0. The summed E-state index contributed by atoms with van der Waals surface area (Å²) in [5, 5.41) is 8.38. The lowest BCUT2D eigenvalue weighted by Gasteiger charge is -2.29. The van der Waals surface area contributed by atoms with Crippen LogP contribution in [0.2, 0.25) is 0 Å². The van der Waals surface area contributed by atoms with Gasteiger partial charge in [0.2, 0.25) is 5.95 Å². The Balaban J connectivity index is 1.35. The molecule has 0 atom stereocenters. The van der Waals surface area contributed by atoms with Gasteiger partial charge in [-0.1, -0.05) is 12.1 Å². The Labute approximate surface area is 156 Å². The molecule has 4 rings (SSSR count). The van der Waals surface area contributed by atoms with E-state index in [1.807, 2.05) is 26.2 Å². The predicted molar refractivity (Wildman–Crippen MR) is 109 cm³/mol. The minimum Gasteiger partial charge on any atom is -0.362 e. The largest absolute Gasteiger partial charge is 0.362 e. The van der Waals surface area contributed by atoms with E-state index in [1.165, 1.54) is 51.6 Å². The first kappa shape index (κ1) is 17.5. The summed E-state index contributed by atoms with van der Waals surface area (Å²) in [6, 6.07) is 8.74. The van der Waals surface area contributed by atoms with Gasteiger partial charge in [0.15, 0.2) is 0 Å². The summed E-state index contributed by atoms with van der Waals surface area (Å²) in [5.74, 6) is 3.56. The molecule has 0 saturated heterocycles. The Morgan fingerprint density at radius 3 is 2.23 bits per heavy atom. The lowest BCUT2D eigenvalue weighted by molar-refractivity contribution is 0.323. The molecular weight excluding hydrogens is 322 g/mol. The summed E-state index contributed by atoms with van der Waals surface area (Å²) in [6.07, 6.45) is 7.88. The molecule has 2 aliphatic rings. The lowest BCUT2D eigenvalue weighted by Crippen LogP contribution is -2.32. The van der Waals surface area contributed by atoms with Crippen LogP contribution in [0.15, 0.2) is 24.3 Å². The zero-order chi connectivity index (χ0) is 17.9. The molecule has 2 N–H and O–H groups in total. The van der Waals surface area contributed by atoms with Crippen molar-refractivity contribution in [2.75, 3.05) is 37.4 Å². The summed E-state index contributed by atoms with van der Waals surface area (Å²) < 4.78 is 0. The van der Waals surface area contributed by atoms with Crippen molar-refractivity contribution in [3.8, 4) is 0 Å². The molecule has 0 unspecified atom stereocenters. The van der Waals surface area contributed by atoms with Gasteiger partial charge in [-0.15, -0.1) is 0 Å². The number of anilines is 2. The van der Waals surface area contributed by atoms with Crippen LogP contribution < -0.4 is 15.5 Å². The summed E-state index contributed by atoms with van der Waals surface area (Å²) in [6.45, 7) is 2.43. The van der Waals surface area contributed by atoms with Crippen molar-refractivity contribution < 1.29 is 0 Å². The number of rotatable bonds is 7. The van der Waals surface area contributed by atoms with E-state index in [0.29, 0.717) is 6.04 Å². The van der Waals surface area contributed by atoms with E-state index in [4.69, 9.17) is 9.97 Å². The van der Waals surface area contributed by atoms with Crippen LogP contribution in [0.4, 0.5) is 11.8 Å². The monoisotopic (exact) mass is 353 g/mol. The van der Waals surface area contributed by atoms with Crippen molar-refractivity contribution in [2.24, 2.45) is 11.8 Å². The Kier molecular flexibility index (Phi) is 5.25. The average molecular weight is 354 g/mol. The Hall–Kier alpha value is -1.88. The third kappa shape index (κ3) is 4.26. The highest BCUT2D eigenvalue weighted by Crippen LogP contribution is 2.29. The van der Waals surface area contributed by atoms with Gasteiger partial charge in [0.05, 0.1) is 5.52 Å². The molecule has 0 spiro atoms. The fraction of sp³-hybridized carbons (Fsp3) is 0.619. The number of hydrogen-bond donors (Lipinski definition) is 2. The Bertz CT molecular complexity index is 732. The molecule has 140 valence electrons. The van der Waals surface area contributed by atoms with Gasteiger partial charge in [-0.2, -0.15) is 4.98 Å². The SMILES string of the molecule is CN(C)c1nc(NC2CCC(CNCC3CC3)CC2)nc2ccccc12. The molecule has 2 saturated carbocycles. The van der Waals surface area contributed by atoms with Crippen LogP contribution in [0.1, 0.15) is 38.5 Å². The van der Waals surface area contributed by atoms with E-state index in [1.54, 1.807) is 0 Å². The summed E-state index contributed by atoms with van der Waals surface area (Å²) in [7, 11) is 4.08. The van der Waals surface area contributed by atoms with Crippen LogP contribution in [-0.4, -0.2) is 43.2 Å². The quantitative estimate of drug-likeness (QED) is 0.795. The maximum atomic E-state index is 4.78. The summed E-state index contributed by atoms with van der Waals surface area (Å²) in [5.41, 5.74) is 1.01. The van der Waals surface area contributed by atoms with Crippen LogP contribution >= 0.6 is 0 Å². The highest BCUT2D eigenvalue weighted by Gasteiger charge is 2.24. The number of para-hydroxylation sites is 1. The third-order valence-electron chi connectivity index (χ3n) is 5.75. The molecule has 5 heteroatoms. The second-order valence-electron chi connectivity index (χ2n) is 8.25. The van der Waals surface area contributed by atoms with Crippen molar-refractivity contribution in [3.05, 3.63) is 24.3 Å². The number of benzene rings is 1. The molecule has 0 aliphatic heterocycles. The van der Waals surface area contributed by atoms with E-state index in [-0.39, 0.29) is 0 Å². The van der Waals surface area contributed by atoms with Gasteiger partial charge in [-0.05, 0) is 75.6 Å². The minimum absolute atomic E-state index is 0.492. The number of aromatic nitrogens is 2. The maximum Gasteiger partial charge on any atom is 0.225 e. The summed E-state index contributed by atoms with van der Waals surface area (Å²) >= 11 is 0. The minimum atomic E-state index is 0.492. The van der Waals surface area contributed by atoms with Crippen molar-refractivity contribution in [3.63, 3.8) is 0 Å². The molecule has 1 aromatic heterocycles. The average Bonchev–Trinajstić information content (AvgIpc) is 3.47. The Morgan fingerprint density at radius 2 is 1.58 bits per heavy atom. The van der Waals surface area contributed by atoms with Gasteiger partial charge < -0.3 is 15.5 Å². The fourth-order valence-electron chi connectivity index (χ4n) is 3.97. The molecule has 2 aromatic rings. The highest BCUT2D eigenvalue weighted by atomic mass is 15.2. The van der Waals surface area contributed by atoms with E-state index in [2.05, 4.69) is 27.7 Å². The van der Waals surface area contributed by atoms with Crippen LogP contribution in [0, 0.1) is 11.8 Å². The molecule has 0 radical (unpaired) electrons. The van der Waals surface area contributed by atoms with Crippen molar-refractivity contribution in [1.82, 2.24) is 15.3 Å². The zero-order valence-corrected chi connectivity index (χ0v) is 16.0.